The summed E-state index contributed by atoms with van der Waals surface area (Å²) in [6, 6.07) is 17.5. The minimum atomic E-state index is -0.263. The summed E-state index contributed by atoms with van der Waals surface area (Å²) in [5.41, 5.74) is 3.99. The van der Waals surface area contributed by atoms with Crippen LogP contribution in [0.2, 0.25) is 0 Å². The van der Waals surface area contributed by atoms with E-state index in [1.807, 2.05) is 54.6 Å². The van der Waals surface area contributed by atoms with Crippen molar-refractivity contribution in [2.75, 3.05) is 7.11 Å². The summed E-state index contributed by atoms with van der Waals surface area (Å²) in [5, 5.41) is 11.1. The summed E-state index contributed by atoms with van der Waals surface area (Å²) < 4.78 is 12.3. The maximum atomic E-state index is 12.7. The lowest BCUT2D eigenvalue weighted by molar-refractivity contribution is 0.0950. The van der Waals surface area contributed by atoms with E-state index in [9.17, 15) is 4.79 Å². The quantitative estimate of drug-likeness (QED) is 0.523. The Balaban J connectivity index is 1.51. The second kappa shape index (κ2) is 8.53. The molecule has 2 heterocycles. The molecule has 1 amide bonds. The lowest BCUT2D eigenvalue weighted by atomic mass is 10.1. The van der Waals surface area contributed by atoms with Crippen LogP contribution in [0.15, 0.2) is 77.7 Å². The zero-order valence-corrected chi connectivity index (χ0v) is 15.9. The number of amides is 1. The molecule has 0 bridgehead atoms. The summed E-state index contributed by atoms with van der Waals surface area (Å²) in [4.78, 5) is 12.7. The summed E-state index contributed by atoms with van der Waals surface area (Å²) in [5.74, 6) is 0.121. The van der Waals surface area contributed by atoms with Crippen LogP contribution in [0, 0.1) is 0 Å². The third-order valence-corrected chi connectivity index (χ3v) is 4.54. The maximum Gasteiger partial charge on any atom is 0.257 e. The van der Waals surface area contributed by atoms with E-state index < -0.39 is 0 Å². The Morgan fingerprint density at radius 2 is 1.83 bits per heavy atom. The van der Waals surface area contributed by atoms with Crippen molar-refractivity contribution in [3.63, 3.8) is 0 Å². The fourth-order valence-corrected chi connectivity index (χ4v) is 3.07. The van der Waals surface area contributed by atoms with Crippen LogP contribution in [0.4, 0.5) is 0 Å². The molecule has 4 aromatic rings. The average Bonchev–Trinajstić information content (AvgIpc) is 3.43. The van der Waals surface area contributed by atoms with Crippen molar-refractivity contribution in [3.8, 4) is 17.0 Å². The van der Waals surface area contributed by atoms with Gasteiger partial charge in [-0.15, -0.1) is 0 Å². The predicted octanol–water partition coefficient (Wildman–Crippen LogP) is 3.60. The van der Waals surface area contributed by atoms with Crippen molar-refractivity contribution < 1.29 is 14.1 Å². The molecule has 146 valence electrons. The zero-order valence-electron chi connectivity index (χ0n) is 15.9. The molecule has 0 atom stereocenters. The SMILES string of the molecule is COCc1ccccc1CNC(=O)c1cnoc1-c1cnn(-c2ccccc2)c1. The van der Waals surface area contributed by atoms with Crippen LogP contribution in [0.1, 0.15) is 21.5 Å². The molecule has 4 rings (SSSR count). The number of benzene rings is 2. The first-order valence-corrected chi connectivity index (χ1v) is 9.15. The molecule has 0 aliphatic rings. The van der Waals surface area contributed by atoms with Gasteiger partial charge in [-0.25, -0.2) is 4.68 Å². The molecule has 0 radical (unpaired) electrons. The van der Waals surface area contributed by atoms with Gasteiger partial charge in [-0.1, -0.05) is 47.6 Å². The van der Waals surface area contributed by atoms with Crippen LogP contribution in [0.3, 0.4) is 0 Å². The molecule has 7 heteroatoms. The van der Waals surface area contributed by atoms with Crippen LogP contribution < -0.4 is 5.32 Å². The van der Waals surface area contributed by atoms with Crippen LogP contribution in [-0.4, -0.2) is 28.0 Å². The van der Waals surface area contributed by atoms with Gasteiger partial charge in [0.25, 0.3) is 5.91 Å². The molecule has 2 aromatic carbocycles. The first-order chi connectivity index (χ1) is 14.3. The van der Waals surface area contributed by atoms with E-state index in [4.69, 9.17) is 9.26 Å². The first kappa shape index (κ1) is 18.6. The second-order valence-electron chi connectivity index (χ2n) is 6.46. The fraction of sp³-hybridized carbons (Fsp3) is 0.136. The lowest BCUT2D eigenvalue weighted by Crippen LogP contribution is -2.23. The average molecular weight is 388 g/mol. The zero-order chi connectivity index (χ0) is 20.1. The molecule has 0 fully saturated rings. The predicted molar refractivity (Wildman–Crippen MR) is 107 cm³/mol. The van der Waals surface area contributed by atoms with Crippen LogP contribution in [0.25, 0.3) is 17.0 Å². The van der Waals surface area contributed by atoms with Gasteiger partial charge >= 0.3 is 0 Å². The van der Waals surface area contributed by atoms with Gasteiger partial charge in [0.1, 0.15) is 5.56 Å². The normalized spacial score (nSPS) is 10.8. The number of aromatic nitrogens is 3. The maximum absolute atomic E-state index is 12.7. The Morgan fingerprint density at radius 3 is 2.62 bits per heavy atom. The fourth-order valence-electron chi connectivity index (χ4n) is 3.07. The number of methoxy groups -OCH3 is 1. The number of nitrogens with zero attached hydrogens (tertiary/aromatic N) is 3. The highest BCUT2D eigenvalue weighted by atomic mass is 16.5. The molecular formula is C22H20N4O3. The molecule has 0 spiro atoms. The van der Waals surface area contributed by atoms with Gasteiger partial charge in [-0.05, 0) is 23.3 Å². The molecule has 0 aliphatic carbocycles. The largest absolute Gasteiger partial charge is 0.380 e. The van der Waals surface area contributed by atoms with E-state index in [1.54, 1.807) is 24.2 Å². The van der Waals surface area contributed by atoms with Crippen molar-refractivity contribution in [1.82, 2.24) is 20.3 Å². The number of hydrogen-bond donors (Lipinski definition) is 1. The van der Waals surface area contributed by atoms with Gasteiger partial charge in [-0.3, -0.25) is 4.79 Å². The van der Waals surface area contributed by atoms with Crippen molar-refractivity contribution in [2.45, 2.75) is 13.2 Å². The number of hydrogen-bond acceptors (Lipinski definition) is 5. The third kappa shape index (κ3) is 4.09. The highest BCUT2D eigenvalue weighted by Gasteiger charge is 2.19. The summed E-state index contributed by atoms with van der Waals surface area (Å²) in [7, 11) is 1.65. The Hall–Kier alpha value is -3.71. The van der Waals surface area contributed by atoms with Crippen molar-refractivity contribution >= 4 is 5.91 Å². The van der Waals surface area contributed by atoms with Crippen LogP contribution >= 0.6 is 0 Å². The van der Waals surface area contributed by atoms with E-state index in [-0.39, 0.29) is 5.91 Å². The van der Waals surface area contributed by atoms with E-state index >= 15 is 0 Å². The van der Waals surface area contributed by atoms with E-state index in [0.29, 0.717) is 30.0 Å². The van der Waals surface area contributed by atoms with E-state index in [0.717, 1.165) is 16.8 Å². The Morgan fingerprint density at radius 1 is 1.07 bits per heavy atom. The van der Waals surface area contributed by atoms with Gasteiger partial charge < -0.3 is 14.6 Å². The standard InChI is InChI=1S/C22H20N4O3/c1-28-15-17-8-6-5-7-16(17)11-23-22(27)20-13-25-29-21(20)18-12-24-26(14-18)19-9-3-2-4-10-19/h2-10,12-14H,11,15H2,1H3,(H,23,27). The molecule has 0 saturated heterocycles. The molecule has 7 nitrogen and oxygen atoms in total. The summed E-state index contributed by atoms with van der Waals surface area (Å²) in [6.07, 6.45) is 4.88. The lowest BCUT2D eigenvalue weighted by Gasteiger charge is -2.09. The topological polar surface area (TPSA) is 82.2 Å². The molecule has 0 unspecified atom stereocenters. The molecule has 1 N–H and O–H groups in total. The van der Waals surface area contributed by atoms with Crippen molar-refractivity contribution in [2.24, 2.45) is 0 Å². The summed E-state index contributed by atoms with van der Waals surface area (Å²) in [6.45, 7) is 0.871. The third-order valence-electron chi connectivity index (χ3n) is 4.54. The van der Waals surface area contributed by atoms with E-state index in [1.165, 1.54) is 6.20 Å². The Kier molecular flexibility index (Phi) is 5.49. The van der Waals surface area contributed by atoms with Gasteiger partial charge in [0.15, 0.2) is 5.76 Å². The smallest absolute Gasteiger partial charge is 0.257 e. The number of rotatable bonds is 7. The highest BCUT2D eigenvalue weighted by Crippen LogP contribution is 2.24. The van der Waals surface area contributed by atoms with Crippen LogP contribution in [-0.2, 0) is 17.9 Å². The Bertz CT molecular complexity index is 1100. The summed E-state index contributed by atoms with van der Waals surface area (Å²) >= 11 is 0. The van der Waals surface area contributed by atoms with Gasteiger partial charge in [0.2, 0.25) is 0 Å². The number of carbonyl (C=O) groups is 1. The number of carbonyl (C=O) groups excluding carboxylic acids is 1. The van der Waals surface area contributed by atoms with Crippen molar-refractivity contribution in [1.29, 1.82) is 0 Å². The first-order valence-electron chi connectivity index (χ1n) is 9.15. The number of ether oxygens (including phenoxy) is 1. The van der Waals surface area contributed by atoms with Crippen LogP contribution in [0.5, 0.6) is 0 Å². The van der Waals surface area contributed by atoms with E-state index in [2.05, 4.69) is 15.6 Å². The molecule has 0 saturated carbocycles. The second-order valence-corrected chi connectivity index (χ2v) is 6.46. The number of nitrogens with one attached hydrogen (secondary N) is 1. The molecule has 2 aromatic heterocycles. The molecular weight excluding hydrogens is 368 g/mol. The molecule has 0 aliphatic heterocycles. The minimum absolute atomic E-state index is 0.263. The highest BCUT2D eigenvalue weighted by molar-refractivity contribution is 5.99. The molecule has 29 heavy (non-hydrogen) atoms. The van der Waals surface area contributed by atoms with Gasteiger partial charge in [-0.2, -0.15) is 5.10 Å². The van der Waals surface area contributed by atoms with Gasteiger partial charge in [0.05, 0.1) is 30.3 Å². The van der Waals surface area contributed by atoms with Gasteiger partial charge in [0, 0.05) is 19.9 Å². The Labute approximate surface area is 167 Å². The number of para-hydroxylation sites is 1. The monoisotopic (exact) mass is 388 g/mol. The van der Waals surface area contributed by atoms with Crippen molar-refractivity contribution in [3.05, 3.63) is 89.9 Å². The minimum Gasteiger partial charge on any atom is -0.380 e.